The molecule has 118 valence electrons. The number of hydrogen-bond donors (Lipinski definition) is 2. The molecule has 0 aromatic heterocycles. The molecule has 0 unspecified atom stereocenters. The molecule has 0 aliphatic rings. The first kappa shape index (κ1) is 16.2. The highest BCUT2D eigenvalue weighted by Gasteiger charge is 2.03. The van der Waals surface area contributed by atoms with Crippen LogP contribution in [0.3, 0.4) is 0 Å². The molecule has 23 heavy (non-hydrogen) atoms. The largest absolute Gasteiger partial charge is 0.484 e. The van der Waals surface area contributed by atoms with Gasteiger partial charge in [-0.15, -0.1) is 0 Å². The lowest BCUT2D eigenvalue weighted by Crippen LogP contribution is -2.43. The number of para-hydroxylation sites is 1. The van der Waals surface area contributed by atoms with Crippen molar-refractivity contribution in [1.82, 2.24) is 10.9 Å². The first-order valence-electron chi connectivity index (χ1n) is 6.84. The molecular formula is C17H15FN2O3. The summed E-state index contributed by atoms with van der Waals surface area (Å²) in [6, 6.07) is 14.5. The van der Waals surface area contributed by atoms with Crippen LogP contribution in [0.2, 0.25) is 0 Å². The van der Waals surface area contributed by atoms with E-state index in [4.69, 9.17) is 4.74 Å². The monoisotopic (exact) mass is 314 g/mol. The number of amides is 2. The molecule has 0 spiro atoms. The smallest absolute Gasteiger partial charge is 0.276 e. The van der Waals surface area contributed by atoms with Gasteiger partial charge >= 0.3 is 0 Å². The summed E-state index contributed by atoms with van der Waals surface area (Å²) in [6.07, 6.45) is 2.73. The van der Waals surface area contributed by atoms with E-state index in [1.807, 2.05) is 6.07 Å². The molecule has 0 radical (unpaired) electrons. The van der Waals surface area contributed by atoms with Crippen molar-refractivity contribution < 1.29 is 18.7 Å². The quantitative estimate of drug-likeness (QED) is 0.656. The van der Waals surface area contributed by atoms with Gasteiger partial charge in [-0.3, -0.25) is 20.4 Å². The molecule has 0 heterocycles. The number of benzene rings is 2. The predicted molar refractivity (Wildman–Crippen MR) is 83.7 cm³/mol. The number of halogens is 1. The summed E-state index contributed by atoms with van der Waals surface area (Å²) in [7, 11) is 0. The molecule has 2 N–H and O–H groups in total. The minimum Gasteiger partial charge on any atom is -0.484 e. The van der Waals surface area contributed by atoms with Crippen molar-refractivity contribution in [3.63, 3.8) is 0 Å². The van der Waals surface area contributed by atoms with E-state index in [-0.39, 0.29) is 12.4 Å². The highest BCUT2D eigenvalue weighted by atomic mass is 19.1. The number of carbonyl (C=O) groups excluding carboxylic acids is 2. The van der Waals surface area contributed by atoms with E-state index in [0.717, 1.165) is 0 Å². The Labute approximate surface area is 132 Å². The van der Waals surface area contributed by atoms with Crippen molar-refractivity contribution in [1.29, 1.82) is 0 Å². The van der Waals surface area contributed by atoms with Crippen LogP contribution in [0, 0.1) is 5.82 Å². The molecule has 2 aromatic carbocycles. The predicted octanol–water partition coefficient (Wildman–Crippen LogP) is 2.07. The van der Waals surface area contributed by atoms with Crippen LogP contribution in [0.5, 0.6) is 5.75 Å². The molecule has 0 bridgehead atoms. The zero-order valence-corrected chi connectivity index (χ0v) is 12.2. The molecule has 0 atom stereocenters. The van der Waals surface area contributed by atoms with Gasteiger partial charge in [-0.1, -0.05) is 30.3 Å². The van der Waals surface area contributed by atoms with Gasteiger partial charge in [-0.05, 0) is 35.9 Å². The molecule has 6 heteroatoms. The van der Waals surface area contributed by atoms with Crippen LogP contribution in [0.15, 0.2) is 60.7 Å². The number of hydrazine groups is 1. The van der Waals surface area contributed by atoms with Gasteiger partial charge in [0.05, 0.1) is 0 Å². The highest BCUT2D eigenvalue weighted by Crippen LogP contribution is 2.07. The average Bonchev–Trinajstić information content (AvgIpc) is 2.58. The minimum atomic E-state index is -0.512. The lowest BCUT2D eigenvalue weighted by molar-refractivity contribution is -0.128. The lowest BCUT2D eigenvalue weighted by Gasteiger charge is -2.07. The van der Waals surface area contributed by atoms with Crippen molar-refractivity contribution in [2.24, 2.45) is 0 Å². The second-order valence-electron chi connectivity index (χ2n) is 4.52. The topological polar surface area (TPSA) is 67.4 Å². The van der Waals surface area contributed by atoms with E-state index in [1.54, 1.807) is 24.3 Å². The van der Waals surface area contributed by atoms with E-state index in [2.05, 4.69) is 10.9 Å². The Morgan fingerprint density at radius 3 is 2.39 bits per heavy atom. The summed E-state index contributed by atoms with van der Waals surface area (Å²) in [4.78, 5) is 23.1. The number of nitrogens with one attached hydrogen (secondary N) is 2. The summed E-state index contributed by atoms with van der Waals surface area (Å²) in [5.74, 6) is -0.790. The van der Waals surface area contributed by atoms with Gasteiger partial charge in [0.2, 0.25) is 0 Å². The molecule has 0 aliphatic heterocycles. The minimum absolute atomic E-state index is 0.216. The lowest BCUT2D eigenvalue weighted by atomic mass is 10.2. The molecule has 2 aromatic rings. The number of rotatable bonds is 5. The second kappa shape index (κ2) is 8.33. The number of ether oxygens (including phenoxy) is 1. The summed E-state index contributed by atoms with van der Waals surface area (Å²) >= 11 is 0. The van der Waals surface area contributed by atoms with E-state index >= 15 is 0 Å². The maximum absolute atomic E-state index is 12.7. The van der Waals surface area contributed by atoms with E-state index in [1.165, 1.54) is 36.4 Å². The van der Waals surface area contributed by atoms with Crippen molar-refractivity contribution in [3.05, 3.63) is 72.1 Å². The fraction of sp³-hybridized carbons (Fsp3) is 0.0588. The van der Waals surface area contributed by atoms with E-state index in [9.17, 15) is 14.0 Å². The maximum Gasteiger partial charge on any atom is 0.276 e. The summed E-state index contributed by atoms with van der Waals surface area (Å²) in [5, 5.41) is 0. The van der Waals surface area contributed by atoms with Gasteiger partial charge in [0.15, 0.2) is 6.61 Å². The Morgan fingerprint density at radius 1 is 1.00 bits per heavy atom. The summed E-state index contributed by atoms with van der Waals surface area (Å²) < 4.78 is 18.0. The van der Waals surface area contributed by atoms with Crippen molar-refractivity contribution >= 4 is 17.9 Å². The van der Waals surface area contributed by atoms with Gasteiger partial charge in [0.1, 0.15) is 11.6 Å². The van der Waals surface area contributed by atoms with Crippen LogP contribution in [-0.2, 0) is 9.59 Å². The van der Waals surface area contributed by atoms with Crippen molar-refractivity contribution in [2.75, 3.05) is 6.61 Å². The van der Waals surface area contributed by atoms with Crippen LogP contribution < -0.4 is 15.6 Å². The van der Waals surface area contributed by atoms with Crippen LogP contribution >= 0.6 is 0 Å². The molecule has 0 fully saturated rings. The van der Waals surface area contributed by atoms with Gasteiger partial charge < -0.3 is 4.74 Å². The van der Waals surface area contributed by atoms with Gasteiger partial charge in [-0.25, -0.2) is 4.39 Å². The normalized spacial score (nSPS) is 10.3. The zero-order chi connectivity index (χ0) is 16.5. The van der Waals surface area contributed by atoms with E-state index < -0.39 is 11.8 Å². The zero-order valence-electron chi connectivity index (χ0n) is 12.2. The molecule has 0 saturated heterocycles. The van der Waals surface area contributed by atoms with E-state index in [0.29, 0.717) is 11.3 Å². The third-order valence-electron chi connectivity index (χ3n) is 2.74. The Balaban J connectivity index is 1.71. The first-order valence-corrected chi connectivity index (χ1v) is 6.84. The summed E-state index contributed by atoms with van der Waals surface area (Å²) in [5.41, 5.74) is 5.11. The number of hydrogen-bond acceptors (Lipinski definition) is 3. The van der Waals surface area contributed by atoms with Crippen LogP contribution in [0.1, 0.15) is 5.56 Å². The average molecular weight is 314 g/mol. The molecule has 2 amide bonds. The van der Waals surface area contributed by atoms with Crippen molar-refractivity contribution in [2.45, 2.75) is 0 Å². The second-order valence-corrected chi connectivity index (χ2v) is 4.52. The van der Waals surface area contributed by atoms with Crippen molar-refractivity contribution in [3.8, 4) is 5.75 Å². The van der Waals surface area contributed by atoms with Gasteiger partial charge in [0, 0.05) is 6.08 Å². The van der Waals surface area contributed by atoms with Crippen LogP contribution in [0.4, 0.5) is 4.39 Å². The molecule has 2 rings (SSSR count). The van der Waals surface area contributed by atoms with Crippen LogP contribution in [0.25, 0.3) is 6.08 Å². The van der Waals surface area contributed by atoms with Crippen LogP contribution in [-0.4, -0.2) is 18.4 Å². The summed E-state index contributed by atoms with van der Waals surface area (Å²) in [6.45, 7) is -0.216. The Morgan fingerprint density at radius 2 is 1.70 bits per heavy atom. The van der Waals surface area contributed by atoms with Gasteiger partial charge in [0.25, 0.3) is 11.8 Å². The Kier molecular flexibility index (Phi) is 5.88. The number of carbonyl (C=O) groups is 2. The fourth-order valence-electron chi connectivity index (χ4n) is 1.62. The van der Waals surface area contributed by atoms with Gasteiger partial charge in [-0.2, -0.15) is 0 Å². The maximum atomic E-state index is 12.7. The molecule has 0 saturated carbocycles. The first-order chi connectivity index (χ1) is 11.1. The Bertz CT molecular complexity index is 685. The molecular weight excluding hydrogens is 299 g/mol. The SMILES string of the molecule is O=C(/C=C/c1ccc(F)cc1)NNC(=O)COc1ccccc1. The third kappa shape index (κ3) is 6.01. The Hall–Kier alpha value is -3.15. The standard InChI is InChI=1S/C17H15FN2O3/c18-14-9-6-13(7-10-14)8-11-16(21)19-20-17(22)12-23-15-4-2-1-3-5-15/h1-11H,12H2,(H,19,21)(H,20,22)/b11-8+. The highest BCUT2D eigenvalue weighted by molar-refractivity contribution is 5.93. The third-order valence-corrected chi connectivity index (χ3v) is 2.74. The molecule has 5 nitrogen and oxygen atoms in total. The molecule has 0 aliphatic carbocycles. The fourth-order valence-corrected chi connectivity index (χ4v) is 1.62.